The van der Waals surface area contributed by atoms with Crippen LogP contribution in [0, 0.1) is 13.8 Å². The summed E-state index contributed by atoms with van der Waals surface area (Å²) in [7, 11) is -3.36. The molecule has 0 radical (unpaired) electrons. The maximum absolute atomic E-state index is 12.8. The zero-order chi connectivity index (χ0) is 14.8. The molecule has 20 heavy (non-hydrogen) atoms. The Morgan fingerprint density at radius 1 is 1.30 bits per heavy atom. The van der Waals surface area contributed by atoms with E-state index in [1.54, 1.807) is 12.1 Å². The third kappa shape index (κ3) is 3.05. The smallest absolute Gasteiger partial charge is 0.185 e. The van der Waals surface area contributed by atoms with Crippen molar-refractivity contribution in [3.05, 3.63) is 29.3 Å². The molecule has 1 aromatic carbocycles. The highest BCUT2D eigenvalue weighted by Crippen LogP contribution is 2.24. The highest BCUT2D eigenvalue weighted by molar-refractivity contribution is 7.92. The van der Waals surface area contributed by atoms with Gasteiger partial charge in [0.05, 0.1) is 11.5 Å². The molecule has 1 heterocycles. The van der Waals surface area contributed by atoms with E-state index in [0.29, 0.717) is 11.5 Å². The molecule has 0 amide bonds. The number of benzene rings is 1. The molecule has 1 saturated heterocycles. The Labute approximate surface area is 121 Å². The average molecular weight is 297 g/mol. The van der Waals surface area contributed by atoms with Crippen molar-refractivity contribution in [1.82, 2.24) is 5.32 Å². The van der Waals surface area contributed by atoms with Gasteiger partial charge in [-0.15, -0.1) is 0 Å². The molecule has 0 saturated carbocycles. The predicted molar refractivity (Wildman–Crippen MR) is 79.8 cm³/mol. The maximum Gasteiger partial charge on any atom is 0.185 e. The van der Waals surface area contributed by atoms with Crippen LogP contribution in [0.1, 0.15) is 24.5 Å². The summed E-state index contributed by atoms with van der Waals surface area (Å²) in [5.41, 5.74) is 2.11. The molecule has 2 rings (SSSR count). The Morgan fingerprint density at radius 3 is 2.70 bits per heavy atom. The van der Waals surface area contributed by atoms with Crippen molar-refractivity contribution < 1.29 is 13.2 Å². The van der Waals surface area contributed by atoms with Gasteiger partial charge in [0.2, 0.25) is 0 Å². The van der Waals surface area contributed by atoms with Crippen LogP contribution in [0.15, 0.2) is 23.1 Å². The number of ether oxygens (including phenoxy) is 1. The van der Waals surface area contributed by atoms with Gasteiger partial charge in [0.25, 0.3) is 0 Å². The highest BCUT2D eigenvalue weighted by atomic mass is 32.2. The molecule has 1 aliphatic rings. The van der Waals surface area contributed by atoms with Crippen LogP contribution < -0.4 is 5.32 Å². The van der Waals surface area contributed by atoms with Gasteiger partial charge in [-0.1, -0.05) is 13.0 Å². The van der Waals surface area contributed by atoms with Crippen molar-refractivity contribution in [3.8, 4) is 0 Å². The standard InChI is InChI=1S/C15H23NO3S/c1-4-16-14-7-8-19-10-15(14)20(17,18)13-6-5-11(2)12(3)9-13/h5-6,9,14-16H,4,7-8,10H2,1-3H3. The summed E-state index contributed by atoms with van der Waals surface area (Å²) < 4.78 is 31.0. The summed E-state index contributed by atoms with van der Waals surface area (Å²) in [6.45, 7) is 7.58. The molecule has 1 fully saturated rings. The van der Waals surface area contributed by atoms with E-state index in [1.165, 1.54) is 0 Å². The lowest BCUT2D eigenvalue weighted by Gasteiger charge is -2.31. The fourth-order valence-electron chi connectivity index (χ4n) is 2.58. The van der Waals surface area contributed by atoms with Crippen molar-refractivity contribution in [2.45, 2.75) is 43.4 Å². The second kappa shape index (κ2) is 6.24. The van der Waals surface area contributed by atoms with Gasteiger partial charge in [-0.25, -0.2) is 8.42 Å². The van der Waals surface area contributed by atoms with E-state index >= 15 is 0 Å². The van der Waals surface area contributed by atoms with Gasteiger partial charge in [0.1, 0.15) is 5.25 Å². The van der Waals surface area contributed by atoms with Crippen LogP contribution in [0.4, 0.5) is 0 Å². The minimum absolute atomic E-state index is 0.0274. The van der Waals surface area contributed by atoms with Gasteiger partial charge in [-0.2, -0.15) is 0 Å². The lowest BCUT2D eigenvalue weighted by molar-refractivity contribution is 0.0812. The number of aryl methyl sites for hydroxylation is 2. The van der Waals surface area contributed by atoms with E-state index in [9.17, 15) is 8.42 Å². The van der Waals surface area contributed by atoms with Crippen LogP contribution in [-0.2, 0) is 14.6 Å². The molecule has 0 aliphatic carbocycles. The van der Waals surface area contributed by atoms with E-state index in [1.807, 2.05) is 26.8 Å². The molecule has 2 unspecified atom stereocenters. The zero-order valence-corrected chi connectivity index (χ0v) is 13.2. The van der Waals surface area contributed by atoms with Crippen LogP contribution >= 0.6 is 0 Å². The number of hydrogen-bond acceptors (Lipinski definition) is 4. The molecule has 112 valence electrons. The number of sulfone groups is 1. The molecular formula is C15H23NO3S. The van der Waals surface area contributed by atoms with E-state index in [0.717, 1.165) is 24.1 Å². The monoisotopic (exact) mass is 297 g/mol. The molecule has 5 heteroatoms. The Morgan fingerprint density at radius 2 is 2.05 bits per heavy atom. The van der Waals surface area contributed by atoms with Crippen LogP contribution in [0.25, 0.3) is 0 Å². The molecule has 4 nitrogen and oxygen atoms in total. The van der Waals surface area contributed by atoms with Crippen LogP contribution in [0.5, 0.6) is 0 Å². The first kappa shape index (κ1) is 15.5. The Bertz CT molecular complexity index is 566. The molecule has 1 aromatic rings. The van der Waals surface area contributed by atoms with Crippen LogP contribution in [0.2, 0.25) is 0 Å². The van der Waals surface area contributed by atoms with Gasteiger partial charge >= 0.3 is 0 Å². The topological polar surface area (TPSA) is 55.4 Å². The second-order valence-corrected chi connectivity index (χ2v) is 7.52. The number of nitrogens with one attached hydrogen (secondary N) is 1. The second-order valence-electron chi connectivity index (χ2n) is 5.36. The van der Waals surface area contributed by atoms with Crippen molar-refractivity contribution in [1.29, 1.82) is 0 Å². The summed E-state index contributed by atoms with van der Waals surface area (Å²) in [5, 5.41) is 2.78. The molecule has 0 spiro atoms. The fourth-order valence-corrected chi connectivity index (χ4v) is 4.47. The Hall–Kier alpha value is -0.910. The van der Waals surface area contributed by atoms with E-state index in [4.69, 9.17) is 4.74 Å². The highest BCUT2D eigenvalue weighted by Gasteiger charge is 2.36. The first-order valence-corrected chi connectivity index (χ1v) is 8.63. The first-order chi connectivity index (χ1) is 9.46. The molecular weight excluding hydrogens is 274 g/mol. The van der Waals surface area contributed by atoms with Crippen molar-refractivity contribution >= 4 is 9.84 Å². The van der Waals surface area contributed by atoms with E-state index in [-0.39, 0.29) is 12.6 Å². The minimum Gasteiger partial charge on any atom is -0.380 e. The van der Waals surface area contributed by atoms with Crippen molar-refractivity contribution in [2.24, 2.45) is 0 Å². The van der Waals surface area contributed by atoms with Gasteiger partial charge in [0, 0.05) is 12.6 Å². The summed E-state index contributed by atoms with van der Waals surface area (Å²) in [6.07, 6.45) is 0.739. The van der Waals surface area contributed by atoms with Gasteiger partial charge < -0.3 is 10.1 Å². The van der Waals surface area contributed by atoms with Gasteiger partial charge in [0.15, 0.2) is 9.84 Å². The quantitative estimate of drug-likeness (QED) is 0.921. The summed E-state index contributed by atoms with van der Waals surface area (Å²) in [6, 6.07) is 5.31. The SMILES string of the molecule is CCNC1CCOCC1S(=O)(=O)c1ccc(C)c(C)c1. The van der Waals surface area contributed by atoms with Crippen LogP contribution in [0.3, 0.4) is 0 Å². The molecule has 1 N–H and O–H groups in total. The number of rotatable bonds is 4. The van der Waals surface area contributed by atoms with Gasteiger partial charge in [-0.05, 0) is 50.1 Å². The summed E-state index contributed by atoms with van der Waals surface area (Å²) >= 11 is 0. The zero-order valence-electron chi connectivity index (χ0n) is 12.3. The summed E-state index contributed by atoms with van der Waals surface area (Å²) in [5.74, 6) is 0. The van der Waals surface area contributed by atoms with E-state index in [2.05, 4.69) is 5.32 Å². The van der Waals surface area contributed by atoms with Crippen molar-refractivity contribution in [2.75, 3.05) is 19.8 Å². The number of hydrogen-bond donors (Lipinski definition) is 1. The molecule has 1 aliphatic heterocycles. The summed E-state index contributed by atoms with van der Waals surface area (Å²) in [4.78, 5) is 0.402. The third-order valence-electron chi connectivity index (χ3n) is 3.98. The van der Waals surface area contributed by atoms with Crippen molar-refractivity contribution in [3.63, 3.8) is 0 Å². The van der Waals surface area contributed by atoms with E-state index < -0.39 is 15.1 Å². The average Bonchev–Trinajstić information content (AvgIpc) is 2.42. The fraction of sp³-hybridized carbons (Fsp3) is 0.600. The third-order valence-corrected chi connectivity index (χ3v) is 6.15. The van der Waals surface area contributed by atoms with Gasteiger partial charge in [-0.3, -0.25) is 0 Å². The lowest BCUT2D eigenvalue weighted by atomic mass is 10.1. The Kier molecular flexibility index (Phi) is 4.83. The minimum atomic E-state index is -3.36. The molecule has 0 aromatic heterocycles. The van der Waals surface area contributed by atoms with Crippen LogP contribution in [-0.4, -0.2) is 39.5 Å². The first-order valence-electron chi connectivity index (χ1n) is 7.09. The molecule has 0 bridgehead atoms. The largest absolute Gasteiger partial charge is 0.380 e. The lowest BCUT2D eigenvalue weighted by Crippen LogP contribution is -2.50. The molecule has 2 atom stereocenters. The normalized spacial score (nSPS) is 23.8. The Balaban J connectivity index is 2.34. The predicted octanol–water partition coefficient (Wildman–Crippen LogP) is 1.84. The maximum atomic E-state index is 12.8.